The average Bonchev–Trinajstić information content (AvgIpc) is 2.02. The molecular weight excluding hydrogens is 207 g/mol. The van der Waals surface area contributed by atoms with E-state index in [4.69, 9.17) is 23.2 Å². The van der Waals surface area contributed by atoms with Gasteiger partial charge < -0.3 is 0 Å². The van der Waals surface area contributed by atoms with Crippen LogP contribution in [-0.2, 0) is 0 Å². The van der Waals surface area contributed by atoms with Crippen LogP contribution in [0.1, 0.15) is 5.56 Å². The van der Waals surface area contributed by atoms with Crippen LogP contribution in [0.15, 0.2) is 18.3 Å². The summed E-state index contributed by atoms with van der Waals surface area (Å²) in [6.07, 6.45) is 1.69. The van der Waals surface area contributed by atoms with Crippen molar-refractivity contribution >= 4 is 34.2 Å². The largest absolute Gasteiger partial charge is 0.237 e. The van der Waals surface area contributed by atoms with Gasteiger partial charge in [-0.25, -0.2) is 9.97 Å². The van der Waals surface area contributed by atoms with Gasteiger partial charge in [-0.2, -0.15) is 0 Å². The Labute approximate surface area is 85.5 Å². The molecule has 0 saturated heterocycles. The van der Waals surface area contributed by atoms with E-state index in [1.54, 1.807) is 12.3 Å². The van der Waals surface area contributed by atoms with Gasteiger partial charge in [0.15, 0.2) is 5.65 Å². The normalized spacial score (nSPS) is 10.7. The molecule has 0 aromatic carbocycles. The van der Waals surface area contributed by atoms with Gasteiger partial charge >= 0.3 is 0 Å². The second-order valence-electron chi connectivity index (χ2n) is 2.75. The molecule has 0 amide bonds. The van der Waals surface area contributed by atoms with E-state index in [9.17, 15) is 0 Å². The third-order valence-corrected chi connectivity index (χ3v) is 2.33. The van der Waals surface area contributed by atoms with Crippen LogP contribution >= 0.6 is 23.2 Å². The van der Waals surface area contributed by atoms with Crippen molar-refractivity contribution in [3.63, 3.8) is 0 Å². The molecule has 4 heteroatoms. The fourth-order valence-electron chi connectivity index (χ4n) is 1.23. The first-order valence-corrected chi connectivity index (χ1v) is 4.51. The van der Waals surface area contributed by atoms with Gasteiger partial charge in [0.1, 0.15) is 5.15 Å². The highest BCUT2D eigenvalue weighted by molar-refractivity contribution is 6.37. The molecule has 2 aromatic rings. The smallest absolute Gasteiger partial charge is 0.162 e. The molecule has 0 aliphatic carbocycles. The van der Waals surface area contributed by atoms with Gasteiger partial charge in [-0.15, -0.1) is 0 Å². The lowest BCUT2D eigenvalue weighted by molar-refractivity contribution is 1.27. The van der Waals surface area contributed by atoms with Gasteiger partial charge in [-0.3, -0.25) is 0 Å². The Morgan fingerprint density at radius 3 is 2.85 bits per heavy atom. The summed E-state index contributed by atoms with van der Waals surface area (Å²) >= 11 is 11.7. The zero-order valence-corrected chi connectivity index (χ0v) is 8.39. The number of pyridine rings is 2. The maximum Gasteiger partial charge on any atom is 0.162 e. The molecule has 0 atom stereocenters. The molecule has 0 fully saturated rings. The minimum Gasteiger partial charge on any atom is -0.237 e. The lowest BCUT2D eigenvalue weighted by Gasteiger charge is -2.02. The van der Waals surface area contributed by atoms with Gasteiger partial charge in [0.05, 0.1) is 5.02 Å². The topological polar surface area (TPSA) is 25.8 Å². The molecule has 0 saturated carbocycles. The summed E-state index contributed by atoms with van der Waals surface area (Å²) in [5, 5.41) is 1.84. The number of nitrogens with zero attached hydrogens (tertiary/aromatic N) is 2. The first kappa shape index (κ1) is 8.73. The molecule has 0 N–H and O–H groups in total. The fraction of sp³-hybridized carbons (Fsp3) is 0.111. The third kappa shape index (κ3) is 1.47. The van der Waals surface area contributed by atoms with Gasteiger partial charge in [0, 0.05) is 11.6 Å². The second kappa shape index (κ2) is 3.13. The molecule has 2 rings (SSSR count). The second-order valence-corrected chi connectivity index (χ2v) is 3.55. The van der Waals surface area contributed by atoms with Gasteiger partial charge in [0.25, 0.3) is 0 Å². The van der Waals surface area contributed by atoms with Crippen molar-refractivity contribution in [3.8, 4) is 0 Å². The predicted molar refractivity (Wildman–Crippen MR) is 54.3 cm³/mol. The van der Waals surface area contributed by atoms with E-state index in [1.807, 2.05) is 13.0 Å². The number of rotatable bonds is 0. The molecular formula is C9H6Cl2N2. The minimum absolute atomic E-state index is 0.371. The van der Waals surface area contributed by atoms with E-state index >= 15 is 0 Å². The zero-order valence-electron chi connectivity index (χ0n) is 6.88. The molecule has 13 heavy (non-hydrogen) atoms. The summed E-state index contributed by atoms with van der Waals surface area (Å²) in [5.41, 5.74) is 1.65. The molecule has 2 heterocycles. The standard InChI is InChI=1S/C9H6Cl2N2/c1-5-2-3-12-9-8(5)6(10)4-7(11)13-9/h2-4H,1H3. The molecule has 0 radical (unpaired) electrons. The molecule has 2 nitrogen and oxygen atoms in total. The molecule has 0 aliphatic heterocycles. The van der Waals surface area contributed by atoms with Crippen molar-refractivity contribution in [1.29, 1.82) is 0 Å². The van der Waals surface area contributed by atoms with E-state index in [0.29, 0.717) is 15.8 Å². The van der Waals surface area contributed by atoms with Crippen LogP contribution in [0.2, 0.25) is 10.2 Å². The monoisotopic (exact) mass is 212 g/mol. The number of hydrogen-bond donors (Lipinski definition) is 0. The molecule has 2 aromatic heterocycles. The SMILES string of the molecule is Cc1ccnc2nc(Cl)cc(Cl)c12. The van der Waals surface area contributed by atoms with Crippen molar-refractivity contribution < 1.29 is 0 Å². The Bertz CT molecular complexity index is 468. The molecule has 0 spiro atoms. The summed E-state index contributed by atoms with van der Waals surface area (Å²) in [6.45, 7) is 1.96. The summed E-state index contributed by atoms with van der Waals surface area (Å²) in [6, 6.07) is 3.52. The van der Waals surface area contributed by atoms with Crippen molar-refractivity contribution in [1.82, 2.24) is 9.97 Å². The van der Waals surface area contributed by atoms with Crippen LogP contribution in [0.5, 0.6) is 0 Å². The lowest BCUT2D eigenvalue weighted by atomic mass is 10.2. The Kier molecular flexibility index (Phi) is 2.10. The third-order valence-electron chi connectivity index (χ3n) is 1.84. The molecule has 0 aliphatic rings. The van der Waals surface area contributed by atoms with Crippen molar-refractivity contribution in [2.24, 2.45) is 0 Å². The van der Waals surface area contributed by atoms with Gasteiger partial charge in [-0.05, 0) is 24.6 Å². The van der Waals surface area contributed by atoms with Crippen molar-refractivity contribution in [2.45, 2.75) is 6.92 Å². The van der Waals surface area contributed by atoms with Crippen molar-refractivity contribution in [2.75, 3.05) is 0 Å². The van der Waals surface area contributed by atoms with E-state index < -0.39 is 0 Å². The van der Waals surface area contributed by atoms with Crippen LogP contribution in [0.3, 0.4) is 0 Å². The highest BCUT2D eigenvalue weighted by Gasteiger charge is 2.05. The zero-order chi connectivity index (χ0) is 9.42. The maximum absolute atomic E-state index is 6.00. The van der Waals surface area contributed by atoms with Crippen LogP contribution in [0, 0.1) is 6.92 Å². The van der Waals surface area contributed by atoms with Gasteiger partial charge in [0.2, 0.25) is 0 Å². The first-order valence-electron chi connectivity index (χ1n) is 3.76. The van der Waals surface area contributed by atoms with Crippen LogP contribution in [-0.4, -0.2) is 9.97 Å². The minimum atomic E-state index is 0.371. The van der Waals surface area contributed by atoms with E-state index in [-0.39, 0.29) is 0 Å². The fourth-order valence-corrected chi connectivity index (χ4v) is 1.82. The van der Waals surface area contributed by atoms with E-state index in [0.717, 1.165) is 10.9 Å². The highest BCUT2D eigenvalue weighted by atomic mass is 35.5. The Balaban J connectivity index is 2.94. The first-order chi connectivity index (χ1) is 6.18. The highest BCUT2D eigenvalue weighted by Crippen LogP contribution is 2.26. The number of fused-ring (bicyclic) bond motifs is 1. The van der Waals surface area contributed by atoms with Crippen LogP contribution in [0.25, 0.3) is 11.0 Å². The van der Waals surface area contributed by atoms with Gasteiger partial charge in [-0.1, -0.05) is 23.2 Å². The predicted octanol–water partition coefficient (Wildman–Crippen LogP) is 3.25. The summed E-state index contributed by atoms with van der Waals surface area (Å²) in [4.78, 5) is 8.15. The van der Waals surface area contributed by atoms with Crippen LogP contribution < -0.4 is 0 Å². The van der Waals surface area contributed by atoms with E-state index in [1.165, 1.54) is 0 Å². The average molecular weight is 213 g/mol. The quantitative estimate of drug-likeness (QED) is 0.627. The number of hydrogen-bond acceptors (Lipinski definition) is 2. The Hall–Kier alpha value is -0.860. The summed E-state index contributed by atoms with van der Waals surface area (Å²) in [5.74, 6) is 0. The number of aromatic nitrogens is 2. The number of aryl methyl sites for hydroxylation is 1. The summed E-state index contributed by atoms with van der Waals surface area (Å²) in [7, 11) is 0. The molecule has 0 bridgehead atoms. The van der Waals surface area contributed by atoms with E-state index in [2.05, 4.69) is 9.97 Å². The maximum atomic E-state index is 6.00. The number of halogens is 2. The Morgan fingerprint density at radius 1 is 1.31 bits per heavy atom. The summed E-state index contributed by atoms with van der Waals surface area (Å²) < 4.78 is 0. The lowest BCUT2D eigenvalue weighted by Crippen LogP contribution is -1.87. The molecule has 66 valence electrons. The van der Waals surface area contributed by atoms with Crippen molar-refractivity contribution in [3.05, 3.63) is 34.1 Å². The Morgan fingerprint density at radius 2 is 2.08 bits per heavy atom. The van der Waals surface area contributed by atoms with Crippen LogP contribution in [0.4, 0.5) is 0 Å². The molecule has 0 unspecified atom stereocenters.